The molecule has 0 amide bonds. The van der Waals surface area contributed by atoms with E-state index in [2.05, 4.69) is 0 Å². The Bertz CT molecular complexity index is 489. The van der Waals surface area contributed by atoms with Gasteiger partial charge in [0.25, 0.3) is 0 Å². The fourth-order valence-corrected chi connectivity index (χ4v) is 2.64. The first-order chi connectivity index (χ1) is 10.2. The maximum Gasteiger partial charge on any atom is 0.206 e. The Balaban J connectivity index is 0. The predicted octanol–water partition coefficient (Wildman–Crippen LogP) is 4.18. The van der Waals surface area contributed by atoms with E-state index >= 15 is 0 Å². The third-order valence-corrected chi connectivity index (χ3v) is 3.89. The van der Waals surface area contributed by atoms with Gasteiger partial charge in [-0.2, -0.15) is 0 Å². The zero-order valence-corrected chi connectivity index (χ0v) is 14.3. The van der Waals surface area contributed by atoms with Crippen molar-refractivity contribution in [1.82, 2.24) is 0 Å². The fraction of sp³-hybridized carbons (Fsp3) is 0.294. The fourth-order valence-electron chi connectivity index (χ4n) is 1.34. The molecule has 0 atom stereocenters. The lowest BCUT2D eigenvalue weighted by Gasteiger charge is -2.03. The highest BCUT2D eigenvalue weighted by Gasteiger charge is 2.15. The normalized spacial score (nSPS) is 8.86. The van der Waals surface area contributed by atoms with E-state index in [0.717, 1.165) is 7.11 Å². The van der Waals surface area contributed by atoms with Gasteiger partial charge in [0.15, 0.2) is 0 Å². The molecule has 21 heavy (non-hydrogen) atoms. The van der Waals surface area contributed by atoms with Gasteiger partial charge in [-0.25, -0.2) is 8.42 Å². The second-order valence-electron chi connectivity index (χ2n) is 3.13. The molecule has 0 radical (unpaired) electrons. The van der Waals surface area contributed by atoms with Gasteiger partial charge in [-0.3, -0.25) is 0 Å². The third-order valence-electron chi connectivity index (χ3n) is 2.11. The molecule has 0 saturated carbocycles. The molecule has 0 aromatic heterocycles. The van der Waals surface area contributed by atoms with E-state index in [4.69, 9.17) is 5.11 Å². The Morgan fingerprint density at radius 3 is 1.10 bits per heavy atom. The molecular weight excluding hydrogens is 284 g/mol. The van der Waals surface area contributed by atoms with Crippen molar-refractivity contribution in [2.75, 3.05) is 7.11 Å². The number of sulfone groups is 1. The molecule has 1 N–H and O–H groups in total. The van der Waals surface area contributed by atoms with E-state index < -0.39 is 9.84 Å². The summed E-state index contributed by atoms with van der Waals surface area (Å²) in [6.07, 6.45) is 0. The number of hydrogen-bond donors (Lipinski definition) is 1. The SMILES string of the molecule is CC.CC.CO.O=S(=O)(c1ccccc1)c1ccccc1. The predicted molar refractivity (Wildman–Crippen MR) is 89.2 cm³/mol. The Morgan fingerprint density at radius 1 is 0.619 bits per heavy atom. The summed E-state index contributed by atoms with van der Waals surface area (Å²) >= 11 is 0. The molecule has 0 bridgehead atoms. The molecule has 118 valence electrons. The molecule has 4 heteroatoms. The minimum atomic E-state index is -3.34. The van der Waals surface area contributed by atoms with Crippen LogP contribution in [0.5, 0.6) is 0 Å². The van der Waals surface area contributed by atoms with E-state index in [1.807, 2.05) is 27.7 Å². The van der Waals surface area contributed by atoms with E-state index in [-0.39, 0.29) is 0 Å². The monoisotopic (exact) mass is 310 g/mol. The maximum atomic E-state index is 12.0. The van der Waals surface area contributed by atoms with Crippen LogP contribution in [0.3, 0.4) is 0 Å². The standard InChI is InChI=1S/C12H10O2S.2C2H6.CH4O/c13-15(14,11-7-3-1-4-8-11)12-9-5-2-6-10-12;3*1-2/h1-10H;2*1-2H3;2H,1H3. The van der Waals surface area contributed by atoms with E-state index in [1.54, 1.807) is 60.7 Å². The van der Waals surface area contributed by atoms with Gasteiger partial charge in [0.1, 0.15) is 0 Å². The molecule has 0 unspecified atom stereocenters. The van der Waals surface area contributed by atoms with Crippen molar-refractivity contribution in [2.24, 2.45) is 0 Å². The highest BCUT2D eigenvalue weighted by atomic mass is 32.2. The first-order valence-corrected chi connectivity index (χ1v) is 8.49. The quantitative estimate of drug-likeness (QED) is 0.905. The highest BCUT2D eigenvalue weighted by Crippen LogP contribution is 2.19. The molecule has 2 aromatic rings. The average Bonchev–Trinajstić information content (AvgIpc) is 2.62. The first kappa shape index (κ1) is 21.6. The molecule has 0 aliphatic rings. The third kappa shape index (κ3) is 7.06. The molecule has 2 rings (SSSR count). The van der Waals surface area contributed by atoms with Crippen LogP contribution in [0.4, 0.5) is 0 Å². The van der Waals surface area contributed by atoms with Crippen LogP contribution in [0.15, 0.2) is 70.5 Å². The van der Waals surface area contributed by atoms with Crippen LogP contribution >= 0.6 is 0 Å². The summed E-state index contributed by atoms with van der Waals surface area (Å²) in [4.78, 5) is 0.660. The van der Waals surface area contributed by atoms with Crippen LogP contribution in [0.25, 0.3) is 0 Å². The van der Waals surface area contributed by atoms with Crippen molar-refractivity contribution < 1.29 is 13.5 Å². The molecule has 0 aliphatic heterocycles. The van der Waals surface area contributed by atoms with Gasteiger partial charge in [-0.1, -0.05) is 64.1 Å². The van der Waals surface area contributed by atoms with Crippen LogP contribution in [-0.2, 0) is 9.84 Å². The zero-order chi connectivity index (χ0) is 16.7. The summed E-state index contributed by atoms with van der Waals surface area (Å²) in [5.41, 5.74) is 0. The van der Waals surface area contributed by atoms with Gasteiger partial charge in [-0.15, -0.1) is 0 Å². The molecule has 2 aromatic carbocycles. The number of aliphatic hydroxyl groups is 1. The first-order valence-electron chi connectivity index (χ1n) is 7.01. The summed E-state index contributed by atoms with van der Waals surface area (Å²) in [5, 5.41) is 7.00. The minimum Gasteiger partial charge on any atom is -0.400 e. The van der Waals surface area contributed by atoms with Crippen molar-refractivity contribution in [3.8, 4) is 0 Å². The Hall–Kier alpha value is -1.65. The van der Waals surface area contributed by atoms with Crippen LogP contribution < -0.4 is 0 Å². The number of benzene rings is 2. The number of hydrogen-bond acceptors (Lipinski definition) is 3. The second kappa shape index (κ2) is 13.3. The van der Waals surface area contributed by atoms with E-state index in [1.165, 1.54) is 0 Å². The summed E-state index contributed by atoms with van der Waals surface area (Å²) < 4.78 is 24.1. The largest absolute Gasteiger partial charge is 0.400 e. The van der Waals surface area contributed by atoms with Gasteiger partial charge in [-0.05, 0) is 24.3 Å². The lowest BCUT2D eigenvalue weighted by atomic mass is 10.4. The van der Waals surface area contributed by atoms with Gasteiger partial charge in [0, 0.05) is 7.11 Å². The smallest absolute Gasteiger partial charge is 0.206 e. The summed E-state index contributed by atoms with van der Waals surface area (Å²) in [6, 6.07) is 16.9. The van der Waals surface area contributed by atoms with Gasteiger partial charge >= 0.3 is 0 Å². The summed E-state index contributed by atoms with van der Waals surface area (Å²) in [7, 11) is -2.34. The van der Waals surface area contributed by atoms with Crippen molar-refractivity contribution in [1.29, 1.82) is 0 Å². The average molecular weight is 310 g/mol. The lowest BCUT2D eigenvalue weighted by Crippen LogP contribution is -2.00. The van der Waals surface area contributed by atoms with E-state index in [9.17, 15) is 8.42 Å². The molecule has 3 nitrogen and oxygen atoms in total. The summed E-state index contributed by atoms with van der Waals surface area (Å²) in [5.74, 6) is 0. The van der Waals surface area contributed by atoms with Crippen molar-refractivity contribution in [2.45, 2.75) is 37.5 Å². The Labute approximate surface area is 129 Å². The van der Waals surface area contributed by atoms with Crippen molar-refractivity contribution in [3.63, 3.8) is 0 Å². The van der Waals surface area contributed by atoms with Crippen LogP contribution in [0, 0.1) is 0 Å². The minimum absolute atomic E-state index is 0.330. The van der Waals surface area contributed by atoms with Gasteiger partial charge in [0.2, 0.25) is 9.84 Å². The molecular formula is C17H26O3S. The molecule has 0 fully saturated rings. The second-order valence-corrected chi connectivity index (χ2v) is 5.08. The van der Waals surface area contributed by atoms with Gasteiger partial charge < -0.3 is 5.11 Å². The van der Waals surface area contributed by atoms with E-state index in [0.29, 0.717) is 9.79 Å². The van der Waals surface area contributed by atoms with Crippen molar-refractivity contribution in [3.05, 3.63) is 60.7 Å². The zero-order valence-electron chi connectivity index (χ0n) is 13.4. The number of aliphatic hydroxyl groups excluding tert-OH is 1. The van der Waals surface area contributed by atoms with Crippen LogP contribution in [0.1, 0.15) is 27.7 Å². The molecule has 0 spiro atoms. The van der Waals surface area contributed by atoms with Gasteiger partial charge in [0.05, 0.1) is 9.79 Å². The topological polar surface area (TPSA) is 54.4 Å². The summed E-state index contributed by atoms with van der Waals surface area (Å²) in [6.45, 7) is 8.00. The van der Waals surface area contributed by atoms with Crippen molar-refractivity contribution >= 4 is 9.84 Å². The Morgan fingerprint density at radius 2 is 0.857 bits per heavy atom. The number of rotatable bonds is 2. The molecule has 0 saturated heterocycles. The van der Waals surface area contributed by atoms with Crippen LogP contribution in [0.2, 0.25) is 0 Å². The molecule has 0 aliphatic carbocycles. The maximum absolute atomic E-state index is 12.0. The lowest BCUT2D eigenvalue weighted by molar-refractivity contribution is 0.399. The Kier molecular flexibility index (Phi) is 13.7. The van der Waals surface area contributed by atoms with Crippen LogP contribution in [-0.4, -0.2) is 20.6 Å². The highest BCUT2D eigenvalue weighted by molar-refractivity contribution is 7.91. The molecule has 0 heterocycles.